The Morgan fingerprint density at radius 2 is 1.44 bits per heavy atom. The fourth-order valence-corrected chi connectivity index (χ4v) is 1.71. The molecule has 0 aromatic heterocycles. The zero-order chi connectivity index (χ0) is 11.5. The Kier molecular flexibility index (Phi) is 3.84. The average Bonchev–Trinajstić information content (AvgIpc) is 2.90. The average molecular weight is 305 g/mol. The van der Waals surface area contributed by atoms with Gasteiger partial charge in [-0.1, -0.05) is 41.5 Å². The minimum Gasteiger partial charge on any atom is -1.00 e. The van der Waals surface area contributed by atoms with E-state index in [9.17, 15) is 0 Å². The van der Waals surface area contributed by atoms with Crippen LogP contribution in [0.25, 0.3) is 0 Å². The van der Waals surface area contributed by atoms with E-state index in [4.69, 9.17) is 0 Å². The van der Waals surface area contributed by atoms with Gasteiger partial charge in [0.2, 0.25) is 0 Å². The molecule has 2 N–H and O–H groups in total. The zero-order valence-electron chi connectivity index (χ0n) is 9.62. The Morgan fingerprint density at radius 3 is 2.11 bits per heavy atom. The zero-order valence-corrected chi connectivity index (χ0v) is 11.2. The smallest absolute Gasteiger partial charge is 0.287 e. The molecule has 5 heteroatoms. The van der Waals surface area contributed by atoms with Crippen LogP contribution in [0.4, 0.5) is 11.4 Å². The minimum absolute atomic E-state index is 0. The van der Waals surface area contributed by atoms with E-state index in [-0.39, 0.29) is 17.0 Å². The van der Waals surface area contributed by atoms with Crippen molar-refractivity contribution in [2.75, 3.05) is 5.12 Å². The summed E-state index contributed by atoms with van der Waals surface area (Å²) in [4.78, 5) is 0. The first-order valence-corrected chi connectivity index (χ1v) is 5.49. The fourth-order valence-electron chi connectivity index (χ4n) is 1.71. The topological polar surface area (TPSA) is 30.3 Å². The Morgan fingerprint density at radius 1 is 0.833 bits per heavy atom. The second kappa shape index (κ2) is 5.55. The molecule has 4 nitrogen and oxygen atoms in total. The van der Waals surface area contributed by atoms with Crippen molar-refractivity contribution in [3.63, 3.8) is 0 Å². The minimum atomic E-state index is 0. The molecule has 2 aromatic carbocycles. The number of hydrogen-bond acceptors (Lipinski definition) is 3. The second-order valence-electron chi connectivity index (χ2n) is 3.73. The van der Waals surface area contributed by atoms with Gasteiger partial charge in [0.05, 0.1) is 0 Å². The molecule has 0 amide bonds. The van der Waals surface area contributed by atoms with Crippen LogP contribution in [0.2, 0.25) is 0 Å². The molecule has 2 aromatic rings. The summed E-state index contributed by atoms with van der Waals surface area (Å²) in [6.45, 7) is 0. The molecule has 3 rings (SSSR count). The highest BCUT2D eigenvalue weighted by Gasteiger charge is 2.19. The lowest BCUT2D eigenvalue weighted by Crippen LogP contribution is -3.00. The number of hydrogen-bond donors (Lipinski definition) is 2. The van der Waals surface area contributed by atoms with Gasteiger partial charge in [0.15, 0.2) is 5.69 Å². The molecule has 0 radical (unpaired) electrons. The third-order valence-corrected chi connectivity index (χ3v) is 2.57. The number of hydrazine groups is 3. The van der Waals surface area contributed by atoms with Crippen LogP contribution in [0.5, 0.6) is 0 Å². The molecular weight excluding hydrogens is 292 g/mol. The summed E-state index contributed by atoms with van der Waals surface area (Å²) in [5.41, 5.74) is 8.51. The Balaban J connectivity index is 0.00000120. The first kappa shape index (κ1) is 12.4. The summed E-state index contributed by atoms with van der Waals surface area (Å²) < 4.78 is 1.92. The molecule has 0 atom stereocenters. The summed E-state index contributed by atoms with van der Waals surface area (Å²) >= 11 is 0. The molecular formula is C13H13BrN4. The maximum Gasteiger partial charge on any atom is 0.287 e. The summed E-state index contributed by atoms with van der Waals surface area (Å²) in [5.74, 6) is 0. The fraction of sp³-hybridized carbons (Fsp3) is 0. The molecule has 1 aliphatic heterocycles. The molecule has 0 saturated heterocycles. The number of para-hydroxylation sites is 2. The molecule has 0 unspecified atom stereocenters. The lowest BCUT2D eigenvalue weighted by atomic mass is 10.3. The van der Waals surface area contributed by atoms with Crippen LogP contribution in [-0.2, 0) is 0 Å². The third kappa shape index (κ3) is 2.46. The van der Waals surface area contributed by atoms with E-state index in [0.29, 0.717) is 0 Å². The van der Waals surface area contributed by atoms with Crippen molar-refractivity contribution < 1.29 is 21.7 Å². The van der Waals surface area contributed by atoms with Crippen molar-refractivity contribution >= 4 is 17.7 Å². The molecule has 0 fully saturated rings. The maximum absolute atomic E-state index is 3.22. The number of hydrazone groups is 1. The molecule has 0 saturated carbocycles. The van der Waals surface area contributed by atoms with E-state index in [1.54, 1.807) is 0 Å². The summed E-state index contributed by atoms with van der Waals surface area (Å²) in [7, 11) is 0. The van der Waals surface area contributed by atoms with Gasteiger partial charge in [-0.3, -0.25) is 0 Å². The molecule has 18 heavy (non-hydrogen) atoms. The van der Waals surface area contributed by atoms with Crippen LogP contribution >= 0.6 is 0 Å². The monoisotopic (exact) mass is 304 g/mol. The Bertz CT molecular complexity index is 527. The van der Waals surface area contributed by atoms with Crippen LogP contribution in [0.1, 0.15) is 0 Å². The highest BCUT2D eigenvalue weighted by Crippen LogP contribution is 2.13. The van der Waals surface area contributed by atoms with Crippen molar-refractivity contribution in [2.24, 2.45) is 0 Å². The highest BCUT2D eigenvalue weighted by molar-refractivity contribution is 5.58. The molecule has 1 heterocycles. The summed E-state index contributed by atoms with van der Waals surface area (Å²) in [6.07, 6.45) is 1.88. The van der Waals surface area contributed by atoms with Gasteiger partial charge in [-0.05, 0) is 24.3 Å². The quantitative estimate of drug-likeness (QED) is 0.684. The number of halogens is 1. The molecule has 1 aliphatic rings. The molecule has 0 aliphatic carbocycles. The van der Waals surface area contributed by atoms with Gasteiger partial charge in [-0.15, -0.1) is 10.2 Å². The first-order chi connectivity index (χ1) is 8.43. The lowest BCUT2D eigenvalue weighted by molar-refractivity contribution is -0.495. The predicted molar refractivity (Wildman–Crippen MR) is 67.6 cm³/mol. The van der Waals surface area contributed by atoms with Crippen molar-refractivity contribution in [3.05, 3.63) is 60.7 Å². The van der Waals surface area contributed by atoms with E-state index in [0.717, 1.165) is 11.4 Å². The highest BCUT2D eigenvalue weighted by atomic mass is 79.9. The Hall–Kier alpha value is -2.01. The number of anilines is 1. The van der Waals surface area contributed by atoms with Gasteiger partial charge >= 0.3 is 0 Å². The second-order valence-corrected chi connectivity index (χ2v) is 3.73. The molecule has 92 valence electrons. The summed E-state index contributed by atoms with van der Waals surface area (Å²) in [5, 5.41) is 1.85. The van der Waals surface area contributed by atoms with Crippen molar-refractivity contribution in [1.82, 2.24) is 11.0 Å². The number of nitrogens with one attached hydrogen (secondary N) is 2. The van der Waals surface area contributed by atoms with E-state index >= 15 is 0 Å². The third-order valence-electron chi connectivity index (χ3n) is 2.57. The largest absolute Gasteiger partial charge is 1.00 e. The van der Waals surface area contributed by atoms with Gasteiger partial charge < -0.3 is 17.0 Å². The van der Waals surface area contributed by atoms with E-state index in [1.165, 1.54) is 0 Å². The number of rotatable bonds is 2. The van der Waals surface area contributed by atoms with Gasteiger partial charge in [0, 0.05) is 0 Å². The van der Waals surface area contributed by atoms with Crippen LogP contribution in [0.15, 0.2) is 60.7 Å². The van der Waals surface area contributed by atoms with E-state index < -0.39 is 0 Å². The van der Waals surface area contributed by atoms with Crippen molar-refractivity contribution in [2.45, 2.75) is 0 Å². The van der Waals surface area contributed by atoms with Crippen LogP contribution in [-0.4, -0.2) is 11.0 Å². The normalized spacial score (nSPS) is 13.1. The van der Waals surface area contributed by atoms with Gasteiger partial charge in [0.25, 0.3) is 6.34 Å². The van der Waals surface area contributed by atoms with Crippen LogP contribution in [0, 0.1) is 0 Å². The lowest BCUT2D eigenvalue weighted by Gasteiger charge is -2.12. The van der Waals surface area contributed by atoms with Crippen LogP contribution in [0.3, 0.4) is 0 Å². The van der Waals surface area contributed by atoms with Crippen molar-refractivity contribution in [3.8, 4) is 0 Å². The van der Waals surface area contributed by atoms with Gasteiger partial charge in [-0.2, -0.15) is 5.43 Å². The standard InChI is InChI=1S/C13H12N4.BrH/c1-3-7-12(8-4-1)16-11-14-17(15-16)13-9-5-2-6-10-13;/h1-11,15H;1H. The van der Waals surface area contributed by atoms with Crippen molar-refractivity contribution in [1.29, 1.82) is 0 Å². The summed E-state index contributed by atoms with van der Waals surface area (Å²) in [6, 6.07) is 20.2. The maximum atomic E-state index is 3.22. The van der Waals surface area contributed by atoms with E-state index in [1.807, 2.05) is 76.8 Å². The molecule has 0 bridgehead atoms. The van der Waals surface area contributed by atoms with Gasteiger partial charge in [0.1, 0.15) is 5.69 Å². The van der Waals surface area contributed by atoms with E-state index in [2.05, 4.69) is 11.0 Å². The molecule has 0 spiro atoms. The predicted octanol–water partition coefficient (Wildman–Crippen LogP) is -1.19. The number of benzene rings is 2. The Labute approximate surface area is 116 Å². The van der Waals surface area contributed by atoms with Crippen LogP contribution < -0.4 is 33.1 Å². The number of nitrogens with zero attached hydrogens (tertiary/aromatic N) is 2. The SMILES string of the molecule is C1=[N+](c2ccccc2)NN(c2ccccc2)N1.[Br-]. The van der Waals surface area contributed by atoms with Gasteiger partial charge in [-0.25, -0.2) is 0 Å². The first-order valence-electron chi connectivity index (χ1n) is 5.49.